The van der Waals surface area contributed by atoms with Crippen LogP contribution in [-0.2, 0) is 13.1 Å². The van der Waals surface area contributed by atoms with Crippen molar-refractivity contribution < 1.29 is 13.5 Å². The Hall–Kier alpha value is -2.17. The summed E-state index contributed by atoms with van der Waals surface area (Å²) in [6.45, 7) is -0.825. The van der Waals surface area contributed by atoms with Crippen molar-refractivity contribution in [3.05, 3.63) is 64.6 Å². The number of aliphatic imine (C=N–C) groups is 1. The molecule has 29 heavy (non-hydrogen) atoms. The zero-order valence-corrected chi connectivity index (χ0v) is 18.9. The van der Waals surface area contributed by atoms with Gasteiger partial charge in [0.1, 0.15) is 5.75 Å². The largest absolute Gasteiger partial charge is 0.435 e. The van der Waals surface area contributed by atoms with Crippen molar-refractivity contribution in [3.63, 3.8) is 0 Å². The Morgan fingerprint density at radius 2 is 1.93 bits per heavy atom. The first kappa shape index (κ1) is 24.9. The number of aromatic nitrogens is 1. The molecule has 0 saturated heterocycles. The van der Waals surface area contributed by atoms with Crippen molar-refractivity contribution in [2.45, 2.75) is 32.5 Å². The summed E-state index contributed by atoms with van der Waals surface area (Å²) in [5.74, 6) is 0.881. The fourth-order valence-electron chi connectivity index (χ4n) is 2.76. The highest BCUT2D eigenvalue weighted by Gasteiger charge is 2.08. The van der Waals surface area contributed by atoms with Crippen LogP contribution in [0.3, 0.4) is 0 Å². The lowest BCUT2D eigenvalue weighted by atomic mass is 10.2. The van der Waals surface area contributed by atoms with Gasteiger partial charge in [0.2, 0.25) is 5.56 Å². The summed E-state index contributed by atoms with van der Waals surface area (Å²) < 4.78 is 30.5. The second-order valence-electron chi connectivity index (χ2n) is 6.29. The fourth-order valence-corrected chi connectivity index (χ4v) is 2.76. The molecule has 0 bridgehead atoms. The van der Waals surface area contributed by atoms with Crippen molar-refractivity contribution in [2.24, 2.45) is 4.99 Å². The van der Waals surface area contributed by atoms with Crippen LogP contribution in [0.15, 0.2) is 58.4 Å². The Morgan fingerprint density at radius 1 is 1.21 bits per heavy atom. The number of nitrogens with zero attached hydrogens (tertiary/aromatic N) is 3. The molecule has 0 aliphatic heterocycles. The number of ether oxygens (including phenoxy) is 1. The number of guanidine groups is 1. The van der Waals surface area contributed by atoms with Gasteiger partial charge in [0.25, 0.3) is 0 Å². The van der Waals surface area contributed by atoms with E-state index in [9.17, 15) is 13.6 Å². The van der Waals surface area contributed by atoms with E-state index >= 15 is 0 Å². The van der Waals surface area contributed by atoms with E-state index in [1.54, 1.807) is 42.1 Å². The lowest BCUT2D eigenvalue weighted by molar-refractivity contribution is -0.0498. The Balaban J connectivity index is 0.00000420. The SMILES string of the molecule is CN=C(NCCCCn1ccccc1=O)N(C)Cc1ccc(OC(F)F)cc1.I. The highest BCUT2D eigenvalue weighted by molar-refractivity contribution is 14.0. The summed E-state index contributed by atoms with van der Waals surface area (Å²) in [7, 11) is 3.62. The van der Waals surface area contributed by atoms with Crippen LogP contribution in [0.4, 0.5) is 8.78 Å². The van der Waals surface area contributed by atoms with E-state index in [0.717, 1.165) is 30.9 Å². The molecule has 1 aromatic heterocycles. The maximum atomic E-state index is 12.2. The topological polar surface area (TPSA) is 58.9 Å². The number of benzene rings is 1. The molecule has 2 rings (SSSR count). The van der Waals surface area contributed by atoms with E-state index in [-0.39, 0.29) is 35.3 Å². The molecular weight excluding hydrogens is 493 g/mol. The number of aryl methyl sites for hydroxylation is 1. The van der Waals surface area contributed by atoms with Crippen molar-refractivity contribution in [2.75, 3.05) is 20.6 Å². The van der Waals surface area contributed by atoms with Crippen molar-refractivity contribution in [3.8, 4) is 5.75 Å². The molecule has 6 nitrogen and oxygen atoms in total. The molecule has 0 unspecified atom stereocenters. The van der Waals surface area contributed by atoms with E-state index in [1.165, 1.54) is 12.1 Å². The Morgan fingerprint density at radius 3 is 2.55 bits per heavy atom. The first-order chi connectivity index (χ1) is 13.5. The van der Waals surface area contributed by atoms with Gasteiger partial charge in [0, 0.05) is 46.0 Å². The van der Waals surface area contributed by atoms with Gasteiger partial charge in [-0.3, -0.25) is 9.79 Å². The molecule has 1 N–H and O–H groups in total. The molecule has 0 amide bonds. The van der Waals surface area contributed by atoms with Gasteiger partial charge < -0.3 is 19.5 Å². The number of hydrogen-bond donors (Lipinski definition) is 1. The van der Waals surface area contributed by atoms with Crippen LogP contribution in [0.2, 0.25) is 0 Å². The van der Waals surface area contributed by atoms with E-state index < -0.39 is 6.61 Å². The summed E-state index contributed by atoms with van der Waals surface area (Å²) in [4.78, 5) is 17.9. The van der Waals surface area contributed by atoms with Gasteiger partial charge in [0.05, 0.1) is 0 Å². The third kappa shape index (κ3) is 8.80. The first-order valence-corrected chi connectivity index (χ1v) is 9.10. The molecular formula is C20H27F2IN4O2. The minimum atomic E-state index is -2.82. The van der Waals surface area contributed by atoms with E-state index in [0.29, 0.717) is 13.1 Å². The minimum Gasteiger partial charge on any atom is -0.435 e. The molecule has 2 aromatic rings. The van der Waals surface area contributed by atoms with E-state index in [2.05, 4.69) is 15.0 Å². The van der Waals surface area contributed by atoms with E-state index in [4.69, 9.17) is 0 Å². The lowest BCUT2D eigenvalue weighted by Crippen LogP contribution is -2.38. The highest BCUT2D eigenvalue weighted by Crippen LogP contribution is 2.15. The van der Waals surface area contributed by atoms with Gasteiger partial charge in [-0.25, -0.2) is 0 Å². The average molecular weight is 520 g/mol. The van der Waals surface area contributed by atoms with Crippen LogP contribution >= 0.6 is 24.0 Å². The van der Waals surface area contributed by atoms with E-state index in [1.807, 2.05) is 18.0 Å². The number of nitrogens with one attached hydrogen (secondary N) is 1. The molecule has 9 heteroatoms. The Kier molecular flexibility index (Phi) is 11.3. The number of halogens is 3. The normalized spacial score (nSPS) is 11.1. The summed E-state index contributed by atoms with van der Waals surface area (Å²) in [6, 6.07) is 11.7. The standard InChI is InChI=1S/C20H26F2N4O2.HI/c1-23-20(24-12-4-6-14-26-13-5-3-7-18(26)27)25(2)15-16-8-10-17(11-9-16)28-19(21)22;/h3,5,7-11,13,19H,4,6,12,14-15H2,1-2H3,(H,23,24);1H. The molecule has 0 aliphatic rings. The monoisotopic (exact) mass is 520 g/mol. The van der Waals surface area contributed by atoms with Gasteiger partial charge in [-0.05, 0) is 36.6 Å². The van der Waals surface area contributed by atoms with Crippen LogP contribution in [-0.4, -0.2) is 42.7 Å². The van der Waals surface area contributed by atoms with Gasteiger partial charge in [0.15, 0.2) is 5.96 Å². The van der Waals surface area contributed by atoms with Crippen LogP contribution < -0.4 is 15.6 Å². The Labute approximate surface area is 186 Å². The second-order valence-corrected chi connectivity index (χ2v) is 6.29. The minimum absolute atomic E-state index is 0. The fraction of sp³-hybridized carbons (Fsp3) is 0.400. The number of pyridine rings is 1. The highest BCUT2D eigenvalue weighted by atomic mass is 127. The van der Waals surface area contributed by atoms with Gasteiger partial charge in [-0.1, -0.05) is 18.2 Å². The molecule has 160 valence electrons. The smallest absolute Gasteiger partial charge is 0.387 e. The van der Waals surface area contributed by atoms with Crippen LogP contribution in [0.25, 0.3) is 0 Å². The third-order valence-corrected chi connectivity index (χ3v) is 4.15. The zero-order valence-electron chi connectivity index (χ0n) is 16.6. The summed E-state index contributed by atoms with van der Waals surface area (Å²) in [5.41, 5.74) is 0.964. The molecule has 0 fully saturated rings. The summed E-state index contributed by atoms with van der Waals surface area (Å²) in [5, 5.41) is 3.29. The lowest BCUT2D eigenvalue weighted by Gasteiger charge is -2.22. The maximum absolute atomic E-state index is 12.2. The predicted octanol–water partition coefficient (Wildman–Crippen LogP) is 3.56. The number of hydrogen-bond acceptors (Lipinski definition) is 3. The van der Waals surface area contributed by atoms with Crippen LogP contribution in [0.5, 0.6) is 5.75 Å². The maximum Gasteiger partial charge on any atom is 0.387 e. The molecule has 0 saturated carbocycles. The van der Waals surface area contributed by atoms with Gasteiger partial charge in [-0.2, -0.15) is 8.78 Å². The zero-order chi connectivity index (χ0) is 20.4. The number of unbranched alkanes of at least 4 members (excludes halogenated alkanes) is 1. The number of alkyl halides is 2. The molecule has 1 heterocycles. The van der Waals surface area contributed by atoms with Gasteiger partial charge in [-0.15, -0.1) is 24.0 Å². The molecule has 0 spiro atoms. The second kappa shape index (κ2) is 13.1. The Bertz CT molecular complexity index is 813. The van der Waals surface area contributed by atoms with Crippen molar-refractivity contribution >= 4 is 29.9 Å². The van der Waals surface area contributed by atoms with Crippen LogP contribution in [0, 0.1) is 0 Å². The van der Waals surface area contributed by atoms with Gasteiger partial charge >= 0.3 is 6.61 Å². The average Bonchev–Trinajstić information content (AvgIpc) is 2.67. The quantitative estimate of drug-likeness (QED) is 0.238. The molecule has 0 aliphatic carbocycles. The summed E-state index contributed by atoms with van der Waals surface area (Å²) >= 11 is 0. The van der Waals surface area contributed by atoms with Crippen molar-refractivity contribution in [1.29, 1.82) is 0 Å². The first-order valence-electron chi connectivity index (χ1n) is 9.10. The third-order valence-electron chi connectivity index (χ3n) is 4.15. The molecule has 1 aromatic carbocycles. The van der Waals surface area contributed by atoms with Crippen molar-refractivity contribution in [1.82, 2.24) is 14.8 Å². The molecule has 0 atom stereocenters. The van der Waals surface area contributed by atoms with Crippen LogP contribution in [0.1, 0.15) is 18.4 Å². The summed E-state index contributed by atoms with van der Waals surface area (Å²) in [6.07, 6.45) is 3.57. The number of rotatable bonds is 9. The molecule has 0 radical (unpaired) electrons. The predicted molar refractivity (Wildman–Crippen MR) is 121 cm³/mol.